The van der Waals surface area contributed by atoms with Gasteiger partial charge in [0.15, 0.2) is 11.6 Å². The summed E-state index contributed by atoms with van der Waals surface area (Å²) < 4.78 is 25.9. The van der Waals surface area contributed by atoms with E-state index in [0.29, 0.717) is 44.8 Å². The van der Waals surface area contributed by atoms with Gasteiger partial charge in [-0.1, -0.05) is 51.5 Å². The van der Waals surface area contributed by atoms with E-state index in [9.17, 15) is 23.6 Å². The van der Waals surface area contributed by atoms with Crippen LogP contribution < -0.4 is 20.1 Å². The summed E-state index contributed by atoms with van der Waals surface area (Å²) in [5, 5.41) is 5.68. The van der Waals surface area contributed by atoms with Gasteiger partial charge in [0, 0.05) is 25.6 Å². The smallest absolute Gasteiger partial charge is 0.255 e. The Bertz CT molecular complexity index is 1350. The number of benzene rings is 2. The molecule has 0 bridgehead atoms. The molecule has 11 heteroatoms. The first-order valence-electron chi connectivity index (χ1n) is 16.4. The zero-order chi connectivity index (χ0) is 33.1. The van der Waals surface area contributed by atoms with Crippen molar-refractivity contribution in [2.24, 2.45) is 11.8 Å². The highest BCUT2D eigenvalue weighted by molar-refractivity contribution is 6.01. The molecular weight excluding hydrogens is 591 g/mol. The third kappa shape index (κ3) is 9.67. The van der Waals surface area contributed by atoms with E-state index in [1.54, 1.807) is 52.3 Å². The van der Waals surface area contributed by atoms with Crippen molar-refractivity contribution >= 4 is 23.6 Å². The average Bonchev–Trinajstić information content (AvgIpc) is 3.04. The molecule has 0 radical (unpaired) electrons. The number of amides is 4. The standard InChI is InChI=1S/C35H47FN4O6/c1-4-5-16-39-18-19-45-30-14-8-6-12-26(30)33(42)38-29(21-32(41)37-28(34(39)43)20-24(2)3)35(44)40-17-10-11-25(22-40)23-46-31-15-9-7-13-27(31)36/h6-9,12-15,24-25,28-29H,4-5,10-11,16-23H2,1-3H3,(H,37,41)(H,38,42)/t25?,28-,29-/m0/s1. The maximum absolute atomic E-state index is 14.1. The molecule has 4 rings (SSSR count). The first-order valence-corrected chi connectivity index (χ1v) is 16.4. The number of rotatable bonds is 9. The molecule has 0 aliphatic carbocycles. The molecule has 1 fully saturated rings. The van der Waals surface area contributed by atoms with E-state index in [1.165, 1.54) is 6.07 Å². The summed E-state index contributed by atoms with van der Waals surface area (Å²) >= 11 is 0. The first-order chi connectivity index (χ1) is 22.2. The molecular formula is C35H47FN4O6. The number of para-hydroxylation sites is 2. The van der Waals surface area contributed by atoms with Crippen LogP contribution >= 0.6 is 0 Å². The van der Waals surface area contributed by atoms with Gasteiger partial charge in [0.25, 0.3) is 5.91 Å². The minimum absolute atomic E-state index is 0.0587. The number of carbonyl (C=O) groups excluding carboxylic acids is 4. The van der Waals surface area contributed by atoms with Crippen molar-refractivity contribution in [1.29, 1.82) is 0 Å². The lowest BCUT2D eigenvalue weighted by Crippen LogP contribution is -2.55. The third-order valence-corrected chi connectivity index (χ3v) is 8.32. The van der Waals surface area contributed by atoms with Gasteiger partial charge in [-0.3, -0.25) is 19.2 Å². The van der Waals surface area contributed by atoms with E-state index in [1.807, 2.05) is 20.8 Å². The van der Waals surface area contributed by atoms with Gasteiger partial charge in [0.1, 0.15) is 24.4 Å². The van der Waals surface area contributed by atoms with Crippen molar-refractivity contribution in [3.63, 3.8) is 0 Å². The van der Waals surface area contributed by atoms with Gasteiger partial charge in [-0.25, -0.2) is 4.39 Å². The fourth-order valence-electron chi connectivity index (χ4n) is 5.91. The highest BCUT2D eigenvalue weighted by Gasteiger charge is 2.34. The number of unbranched alkanes of at least 4 members (excludes halogenated alkanes) is 1. The Kier molecular flexibility index (Phi) is 12.8. The summed E-state index contributed by atoms with van der Waals surface area (Å²) in [7, 11) is 0. The zero-order valence-electron chi connectivity index (χ0n) is 27.1. The van der Waals surface area contributed by atoms with Gasteiger partial charge in [-0.2, -0.15) is 0 Å². The molecule has 0 aromatic heterocycles. The van der Waals surface area contributed by atoms with E-state index in [0.717, 1.165) is 19.3 Å². The number of fused-ring (bicyclic) bond motifs is 1. The summed E-state index contributed by atoms with van der Waals surface area (Å²) in [5.41, 5.74) is 0.233. The normalized spacial score (nSPS) is 21.5. The van der Waals surface area contributed by atoms with Crippen LogP contribution in [0.1, 0.15) is 69.7 Å². The maximum atomic E-state index is 14.1. The Labute approximate surface area is 271 Å². The van der Waals surface area contributed by atoms with Crippen LogP contribution in [0.15, 0.2) is 48.5 Å². The van der Waals surface area contributed by atoms with Crippen molar-refractivity contribution in [2.75, 3.05) is 39.4 Å². The molecule has 250 valence electrons. The molecule has 2 N–H and O–H groups in total. The van der Waals surface area contributed by atoms with Gasteiger partial charge < -0.3 is 29.9 Å². The molecule has 1 unspecified atom stereocenters. The summed E-state index contributed by atoms with van der Waals surface area (Å²) in [4.78, 5) is 58.2. The molecule has 2 heterocycles. The number of carbonyl (C=O) groups is 4. The Morgan fingerprint density at radius 3 is 2.59 bits per heavy atom. The van der Waals surface area contributed by atoms with Gasteiger partial charge >= 0.3 is 0 Å². The fourth-order valence-corrected chi connectivity index (χ4v) is 5.91. The molecule has 2 aliphatic rings. The Morgan fingerprint density at radius 1 is 1.07 bits per heavy atom. The van der Waals surface area contributed by atoms with E-state index < -0.39 is 35.6 Å². The van der Waals surface area contributed by atoms with E-state index in [-0.39, 0.29) is 48.7 Å². The zero-order valence-corrected chi connectivity index (χ0v) is 27.1. The number of hydrogen-bond donors (Lipinski definition) is 2. The minimum atomic E-state index is -1.18. The molecule has 1 saturated heterocycles. The Morgan fingerprint density at radius 2 is 1.83 bits per heavy atom. The summed E-state index contributed by atoms with van der Waals surface area (Å²) in [6.07, 6.45) is 3.26. The third-order valence-electron chi connectivity index (χ3n) is 8.32. The van der Waals surface area contributed by atoms with Gasteiger partial charge in [-0.15, -0.1) is 0 Å². The van der Waals surface area contributed by atoms with Crippen LogP contribution in [0.2, 0.25) is 0 Å². The van der Waals surface area contributed by atoms with E-state index >= 15 is 0 Å². The van der Waals surface area contributed by atoms with Crippen molar-refractivity contribution in [2.45, 2.75) is 71.4 Å². The molecule has 2 aliphatic heterocycles. The Balaban J connectivity index is 1.56. The summed E-state index contributed by atoms with van der Waals surface area (Å²) in [6.45, 7) is 8.00. The second-order valence-electron chi connectivity index (χ2n) is 12.5. The van der Waals surface area contributed by atoms with Crippen LogP contribution in [-0.2, 0) is 14.4 Å². The highest BCUT2D eigenvalue weighted by atomic mass is 19.1. The monoisotopic (exact) mass is 638 g/mol. The molecule has 0 saturated carbocycles. The minimum Gasteiger partial charge on any atom is -0.491 e. The molecule has 46 heavy (non-hydrogen) atoms. The van der Waals surface area contributed by atoms with Gasteiger partial charge in [0.05, 0.1) is 25.1 Å². The average molecular weight is 639 g/mol. The van der Waals surface area contributed by atoms with Crippen LogP contribution in [0.5, 0.6) is 11.5 Å². The summed E-state index contributed by atoms with van der Waals surface area (Å²) in [5.74, 6) is -1.52. The van der Waals surface area contributed by atoms with Crippen molar-refractivity contribution in [3.05, 3.63) is 59.9 Å². The predicted octanol–water partition coefficient (Wildman–Crippen LogP) is 4.18. The molecule has 10 nitrogen and oxygen atoms in total. The van der Waals surface area contributed by atoms with Crippen LogP contribution in [0.25, 0.3) is 0 Å². The lowest BCUT2D eigenvalue weighted by Gasteiger charge is -2.35. The Hall–Kier alpha value is -4.15. The van der Waals surface area contributed by atoms with Crippen LogP contribution in [0.3, 0.4) is 0 Å². The number of piperidine rings is 1. The molecule has 3 atom stereocenters. The molecule has 2 aromatic carbocycles. The summed E-state index contributed by atoms with van der Waals surface area (Å²) in [6, 6.07) is 11.0. The van der Waals surface area contributed by atoms with Crippen molar-refractivity contribution in [1.82, 2.24) is 20.4 Å². The molecule has 2 aromatic rings. The number of nitrogens with zero attached hydrogens (tertiary/aromatic N) is 2. The van der Waals surface area contributed by atoms with Crippen LogP contribution in [0, 0.1) is 17.7 Å². The fraction of sp³-hybridized carbons (Fsp3) is 0.543. The van der Waals surface area contributed by atoms with Crippen LogP contribution in [0.4, 0.5) is 4.39 Å². The predicted molar refractivity (Wildman–Crippen MR) is 172 cm³/mol. The highest BCUT2D eigenvalue weighted by Crippen LogP contribution is 2.23. The molecule has 0 spiro atoms. The largest absolute Gasteiger partial charge is 0.491 e. The van der Waals surface area contributed by atoms with Crippen molar-refractivity contribution < 1.29 is 33.0 Å². The topological polar surface area (TPSA) is 117 Å². The second-order valence-corrected chi connectivity index (χ2v) is 12.5. The number of hydrogen-bond acceptors (Lipinski definition) is 6. The number of likely N-dealkylation sites (tertiary alicyclic amines) is 1. The van der Waals surface area contributed by atoms with Crippen LogP contribution in [-0.4, -0.2) is 84.9 Å². The van der Waals surface area contributed by atoms with Gasteiger partial charge in [-0.05, 0) is 55.9 Å². The lowest BCUT2D eigenvalue weighted by molar-refractivity contribution is -0.139. The second kappa shape index (κ2) is 17.0. The van der Waals surface area contributed by atoms with E-state index in [2.05, 4.69) is 10.6 Å². The SMILES string of the molecule is CCCCN1CCOc2ccccc2C(=O)N[C@H](C(=O)N2CCCC(COc3ccccc3F)C2)CC(=O)N[C@@H](CC(C)C)C1=O. The molecule has 4 amide bonds. The number of halogens is 1. The van der Waals surface area contributed by atoms with Gasteiger partial charge in [0.2, 0.25) is 17.7 Å². The lowest BCUT2D eigenvalue weighted by atomic mass is 9.97. The quantitative estimate of drug-likeness (QED) is 0.426. The first kappa shape index (κ1) is 34.7. The van der Waals surface area contributed by atoms with Crippen molar-refractivity contribution in [3.8, 4) is 11.5 Å². The number of ether oxygens (including phenoxy) is 2. The number of nitrogens with one attached hydrogen (secondary N) is 2. The van der Waals surface area contributed by atoms with E-state index in [4.69, 9.17) is 9.47 Å². The maximum Gasteiger partial charge on any atom is 0.255 e.